The van der Waals surface area contributed by atoms with E-state index in [4.69, 9.17) is 9.47 Å². The van der Waals surface area contributed by atoms with Gasteiger partial charge in [0.2, 0.25) is 17.6 Å². The molecule has 1 aliphatic rings. The Hall–Kier alpha value is -2.78. The van der Waals surface area contributed by atoms with Gasteiger partial charge < -0.3 is 19.9 Å². The van der Waals surface area contributed by atoms with Gasteiger partial charge in [-0.15, -0.1) is 0 Å². The number of hydrogen-bond donors (Lipinski definition) is 2. The molecule has 0 bridgehead atoms. The molecule has 144 valence electrons. The van der Waals surface area contributed by atoms with Gasteiger partial charge in [-0.1, -0.05) is 6.58 Å². The van der Waals surface area contributed by atoms with E-state index in [0.717, 1.165) is 25.6 Å². The van der Waals surface area contributed by atoms with E-state index in [1.54, 1.807) is 18.3 Å². The third-order valence-electron chi connectivity index (χ3n) is 4.19. The average Bonchev–Trinajstić information content (AvgIpc) is 2.70. The summed E-state index contributed by atoms with van der Waals surface area (Å²) in [6.45, 7) is 4.78. The second kappa shape index (κ2) is 8.74. The Morgan fingerprint density at radius 1 is 1.41 bits per heavy atom. The number of nitrogens with zero attached hydrogens (tertiary/aromatic N) is 4. The first-order valence-electron chi connectivity index (χ1n) is 8.60. The Morgan fingerprint density at radius 3 is 2.96 bits per heavy atom. The van der Waals surface area contributed by atoms with Crippen LogP contribution in [0.4, 0.5) is 16.0 Å². The van der Waals surface area contributed by atoms with Gasteiger partial charge in [0.25, 0.3) is 5.88 Å². The number of hydrogen-bond acceptors (Lipinski definition) is 8. The molecule has 2 atom stereocenters. The number of methoxy groups -OCH3 is 1. The minimum absolute atomic E-state index is 0.131. The van der Waals surface area contributed by atoms with Crippen molar-refractivity contribution in [3.05, 3.63) is 43.0 Å². The number of anilines is 2. The van der Waals surface area contributed by atoms with Crippen LogP contribution >= 0.6 is 0 Å². The minimum atomic E-state index is -0.744. The number of rotatable bonds is 7. The van der Waals surface area contributed by atoms with Crippen LogP contribution in [-0.2, 0) is 0 Å². The maximum atomic E-state index is 14.1. The van der Waals surface area contributed by atoms with E-state index in [9.17, 15) is 9.50 Å². The number of aliphatic hydroxyl groups is 1. The van der Waals surface area contributed by atoms with E-state index in [1.807, 2.05) is 4.90 Å². The minimum Gasteiger partial charge on any atom is -0.481 e. The molecule has 9 heteroatoms. The smallest absolute Gasteiger partial charge is 0.255 e. The molecule has 0 radical (unpaired) electrons. The summed E-state index contributed by atoms with van der Waals surface area (Å²) in [5, 5.41) is 12.8. The molecule has 8 nitrogen and oxygen atoms in total. The third kappa shape index (κ3) is 4.89. The largest absolute Gasteiger partial charge is 0.481 e. The van der Waals surface area contributed by atoms with Crippen molar-refractivity contribution < 1.29 is 19.0 Å². The molecule has 3 rings (SSSR count). The fraction of sp³-hybridized carbons (Fsp3) is 0.389. The summed E-state index contributed by atoms with van der Waals surface area (Å²) in [6.07, 6.45) is 4.61. The molecule has 0 aliphatic carbocycles. The first-order chi connectivity index (χ1) is 13.1. The quantitative estimate of drug-likeness (QED) is 0.711. The van der Waals surface area contributed by atoms with Crippen LogP contribution in [0.5, 0.6) is 11.8 Å². The maximum absolute atomic E-state index is 14.1. The summed E-state index contributed by atoms with van der Waals surface area (Å²) in [4.78, 5) is 13.9. The van der Waals surface area contributed by atoms with Crippen LogP contribution in [-0.4, -0.2) is 57.5 Å². The molecule has 0 aromatic carbocycles. The topological polar surface area (TPSA) is 92.6 Å². The predicted molar refractivity (Wildman–Crippen MR) is 97.5 cm³/mol. The van der Waals surface area contributed by atoms with E-state index in [0.29, 0.717) is 18.1 Å². The molecule has 1 fully saturated rings. The zero-order valence-electron chi connectivity index (χ0n) is 15.0. The van der Waals surface area contributed by atoms with Gasteiger partial charge in [-0.2, -0.15) is 9.37 Å². The van der Waals surface area contributed by atoms with Gasteiger partial charge in [-0.3, -0.25) is 4.90 Å². The Bertz CT molecular complexity index is 774. The lowest BCUT2D eigenvalue weighted by atomic mass is 10.1. The third-order valence-corrected chi connectivity index (χ3v) is 4.19. The molecule has 1 unspecified atom stereocenters. The van der Waals surface area contributed by atoms with Crippen molar-refractivity contribution in [1.29, 1.82) is 0 Å². The highest BCUT2D eigenvalue weighted by Gasteiger charge is 2.25. The average molecular weight is 375 g/mol. The highest BCUT2D eigenvalue weighted by atomic mass is 19.1. The standard InChI is InChI=1S/C18H22FN5O3/c1-3-16(25)24-8-4-5-13(11-24)27-17-14(19)10-21-18(23-17)22-12-6-7-15(26-2)20-9-12/h3,6-7,9-10,13,16,25H,1,4-5,8,11H2,2H3,(H,21,22,23)/t13-,16?/m0/s1. The Labute approximate surface area is 156 Å². The molecule has 1 aliphatic heterocycles. The Balaban J connectivity index is 1.68. The van der Waals surface area contributed by atoms with Crippen molar-refractivity contribution in [1.82, 2.24) is 19.9 Å². The van der Waals surface area contributed by atoms with E-state index in [1.165, 1.54) is 13.2 Å². The summed E-state index contributed by atoms with van der Waals surface area (Å²) >= 11 is 0. The normalized spacial score (nSPS) is 18.6. The van der Waals surface area contributed by atoms with Crippen LogP contribution in [0.25, 0.3) is 0 Å². The number of nitrogens with one attached hydrogen (secondary N) is 1. The number of ether oxygens (including phenoxy) is 2. The lowest BCUT2D eigenvalue weighted by Crippen LogP contribution is -2.45. The van der Waals surface area contributed by atoms with Gasteiger partial charge >= 0.3 is 0 Å². The van der Waals surface area contributed by atoms with Crippen LogP contribution in [0.3, 0.4) is 0 Å². The summed E-state index contributed by atoms with van der Waals surface area (Å²) in [5.41, 5.74) is 0.631. The van der Waals surface area contributed by atoms with Crippen molar-refractivity contribution in [3.8, 4) is 11.8 Å². The summed E-state index contributed by atoms with van der Waals surface area (Å²) < 4.78 is 24.8. The zero-order valence-corrected chi connectivity index (χ0v) is 15.0. The maximum Gasteiger partial charge on any atom is 0.255 e. The van der Waals surface area contributed by atoms with Crippen molar-refractivity contribution >= 4 is 11.6 Å². The second-order valence-corrected chi connectivity index (χ2v) is 6.09. The highest BCUT2D eigenvalue weighted by molar-refractivity contribution is 5.52. The molecule has 2 aromatic heterocycles. The Kier molecular flexibility index (Phi) is 6.15. The molecule has 27 heavy (non-hydrogen) atoms. The number of likely N-dealkylation sites (tertiary alicyclic amines) is 1. The number of halogens is 1. The molecule has 0 saturated carbocycles. The molecule has 3 heterocycles. The van der Waals surface area contributed by atoms with Crippen molar-refractivity contribution in [2.45, 2.75) is 25.2 Å². The molecule has 0 amide bonds. The highest BCUT2D eigenvalue weighted by Crippen LogP contribution is 2.23. The van der Waals surface area contributed by atoms with Gasteiger partial charge in [0, 0.05) is 19.2 Å². The molecule has 2 N–H and O–H groups in total. The Morgan fingerprint density at radius 2 is 2.26 bits per heavy atom. The predicted octanol–water partition coefficient (Wildman–Crippen LogP) is 2.11. The van der Waals surface area contributed by atoms with Crippen molar-refractivity contribution in [3.63, 3.8) is 0 Å². The van der Waals surface area contributed by atoms with Crippen LogP contribution in [0, 0.1) is 5.82 Å². The van der Waals surface area contributed by atoms with Gasteiger partial charge in [0.15, 0.2) is 0 Å². The fourth-order valence-electron chi connectivity index (χ4n) is 2.81. The van der Waals surface area contributed by atoms with Gasteiger partial charge in [0.05, 0.1) is 25.2 Å². The monoisotopic (exact) mass is 375 g/mol. The van der Waals surface area contributed by atoms with Crippen LogP contribution in [0.1, 0.15) is 12.8 Å². The number of piperidine rings is 1. The first-order valence-corrected chi connectivity index (χ1v) is 8.60. The molecule has 2 aromatic rings. The van der Waals surface area contributed by atoms with Gasteiger partial charge in [-0.05, 0) is 25.0 Å². The summed E-state index contributed by atoms with van der Waals surface area (Å²) in [5.74, 6) is -0.103. The van der Waals surface area contributed by atoms with Crippen LogP contribution in [0.2, 0.25) is 0 Å². The molecule has 0 spiro atoms. The van der Waals surface area contributed by atoms with Crippen molar-refractivity contribution in [2.75, 3.05) is 25.5 Å². The van der Waals surface area contributed by atoms with Crippen LogP contribution < -0.4 is 14.8 Å². The van der Waals surface area contributed by atoms with E-state index >= 15 is 0 Å². The van der Waals surface area contributed by atoms with E-state index < -0.39 is 12.0 Å². The van der Waals surface area contributed by atoms with Crippen LogP contribution in [0.15, 0.2) is 37.2 Å². The van der Waals surface area contributed by atoms with E-state index in [2.05, 4.69) is 26.8 Å². The SMILES string of the molecule is C=CC(O)N1CCC[C@H](Oc2nc(Nc3ccc(OC)nc3)ncc2F)C1. The molecule has 1 saturated heterocycles. The number of aliphatic hydroxyl groups excluding tert-OH is 1. The molecular weight excluding hydrogens is 353 g/mol. The number of pyridine rings is 1. The molecular formula is C18H22FN5O3. The zero-order chi connectivity index (χ0) is 19.2. The lowest BCUT2D eigenvalue weighted by Gasteiger charge is -2.34. The number of aromatic nitrogens is 3. The van der Waals surface area contributed by atoms with Crippen molar-refractivity contribution in [2.24, 2.45) is 0 Å². The summed E-state index contributed by atoms with van der Waals surface area (Å²) in [7, 11) is 1.53. The van der Waals surface area contributed by atoms with Gasteiger partial charge in [0.1, 0.15) is 12.3 Å². The first kappa shape index (κ1) is 19.0. The summed E-state index contributed by atoms with van der Waals surface area (Å²) in [6, 6.07) is 3.43. The lowest BCUT2D eigenvalue weighted by molar-refractivity contribution is -0.0121. The fourth-order valence-corrected chi connectivity index (χ4v) is 2.81. The van der Waals surface area contributed by atoms with E-state index in [-0.39, 0.29) is 17.9 Å². The second-order valence-electron chi connectivity index (χ2n) is 6.09. The van der Waals surface area contributed by atoms with Gasteiger partial charge in [-0.25, -0.2) is 9.97 Å².